The zero-order chi connectivity index (χ0) is 14.5. The molecule has 3 N–H and O–H groups in total. The molecule has 2 heterocycles. The van der Waals surface area contributed by atoms with Gasteiger partial charge in [-0.3, -0.25) is 10.9 Å². The summed E-state index contributed by atoms with van der Waals surface area (Å²) < 4.78 is 5.88. The summed E-state index contributed by atoms with van der Waals surface area (Å²) in [5.74, 6) is 1.41. The molecule has 2 atom stereocenters. The van der Waals surface area contributed by atoms with Crippen LogP contribution in [0.15, 0.2) is 18.3 Å². The summed E-state index contributed by atoms with van der Waals surface area (Å²) in [5.41, 5.74) is 7.64. The first-order chi connectivity index (χ1) is 10.3. The van der Waals surface area contributed by atoms with Crippen molar-refractivity contribution in [1.29, 1.82) is 0 Å². The number of hydrogen-bond donors (Lipinski definition) is 3. The van der Waals surface area contributed by atoms with E-state index in [2.05, 4.69) is 34.1 Å². The highest BCUT2D eigenvalue weighted by Crippen LogP contribution is 2.22. The summed E-state index contributed by atoms with van der Waals surface area (Å²) in [6, 6.07) is 4.63. The van der Waals surface area contributed by atoms with Gasteiger partial charge in [0, 0.05) is 43.9 Å². The van der Waals surface area contributed by atoms with E-state index in [1.165, 1.54) is 31.2 Å². The van der Waals surface area contributed by atoms with Crippen molar-refractivity contribution in [2.24, 2.45) is 5.92 Å². The molecule has 0 aromatic carbocycles. The van der Waals surface area contributed by atoms with Crippen LogP contribution in [0, 0.1) is 5.92 Å². The molecule has 1 saturated carbocycles. The Kier molecular flexibility index (Phi) is 6.89. The summed E-state index contributed by atoms with van der Waals surface area (Å²) in [6.07, 6.45) is 7.22. The molecule has 0 radical (unpaired) electrons. The number of nitrogens with zero attached hydrogens (tertiary/aromatic N) is 1. The van der Waals surface area contributed by atoms with Gasteiger partial charge in [0.25, 0.3) is 0 Å². The first-order valence-electron chi connectivity index (χ1n) is 8.12. The quantitative estimate of drug-likeness (QED) is 0.747. The van der Waals surface area contributed by atoms with E-state index in [1.54, 1.807) is 0 Å². The minimum Gasteiger partial charge on any atom is -0.474 e. The van der Waals surface area contributed by atoms with E-state index in [1.807, 2.05) is 12.3 Å². The smallest absolute Gasteiger partial charge is 0.213 e. The second-order valence-corrected chi connectivity index (χ2v) is 6.23. The van der Waals surface area contributed by atoms with Crippen molar-refractivity contribution in [2.45, 2.75) is 51.3 Å². The molecular weight excluding hydrogens is 300 g/mol. The Hall–Kier alpha value is -0.880. The third-order valence-corrected chi connectivity index (χ3v) is 4.52. The van der Waals surface area contributed by atoms with Crippen LogP contribution in [0.4, 0.5) is 0 Å². The number of pyridine rings is 1. The van der Waals surface area contributed by atoms with E-state index in [0.717, 1.165) is 25.5 Å². The van der Waals surface area contributed by atoms with Gasteiger partial charge in [-0.25, -0.2) is 4.98 Å². The predicted octanol–water partition coefficient (Wildman–Crippen LogP) is 2.03. The van der Waals surface area contributed by atoms with Gasteiger partial charge in [0.05, 0.1) is 0 Å². The number of halogens is 1. The van der Waals surface area contributed by atoms with Crippen LogP contribution in [0.2, 0.25) is 0 Å². The van der Waals surface area contributed by atoms with Crippen LogP contribution in [-0.2, 0) is 6.54 Å². The van der Waals surface area contributed by atoms with Crippen LogP contribution < -0.4 is 20.9 Å². The molecule has 2 unspecified atom stereocenters. The highest BCUT2D eigenvalue weighted by Gasteiger charge is 2.21. The summed E-state index contributed by atoms with van der Waals surface area (Å²) in [4.78, 5) is 4.42. The van der Waals surface area contributed by atoms with Gasteiger partial charge >= 0.3 is 0 Å². The minimum absolute atomic E-state index is 0. The summed E-state index contributed by atoms with van der Waals surface area (Å²) in [6.45, 7) is 5.12. The molecule has 0 amide bonds. The van der Waals surface area contributed by atoms with Crippen LogP contribution in [0.5, 0.6) is 5.88 Å². The molecule has 22 heavy (non-hydrogen) atoms. The molecule has 124 valence electrons. The largest absolute Gasteiger partial charge is 0.474 e. The van der Waals surface area contributed by atoms with Crippen molar-refractivity contribution in [2.75, 3.05) is 13.1 Å². The zero-order valence-electron chi connectivity index (χ0n) is 13.2. The predicted molar refractivity (Wildman–Crippen MR) is 90.2 cm³/mol. The van der Waals surface area contributed by atoms with Crippen LogP contribution >= 0.6 is 12.4 Å². The van der Waals surface area contributed by atoms with Crippen molar-refractivity contribution >= 4 is 12.4 Å². The van der Waals surface area contributed by atoms with Crippen molar-refractivity contribution < 1.29 is 4.74 Å². The second-order valence-electron chi connectivity index (χ2n) is 6.23. The lowest BCUT2D eigenvalue weighted by molar-refractivity contribution is 0.201. The molecule has 5 nitrogen and oxygen atoms in total. The van der Waals surface area contributed by atoms with Crippen molar-refractivity contribution in [1.82, 2.24) is 21.2 Å². The standard InChI is InChI=1S/C16H26N4O.ClH/c1-12-14(11-19-20-12)10-17-8-13-6-7-16(18-9-13)21-15-4-2-3-5-15;/h6-7,9,12,14-15,17,19-20H,2-5,8,10-11H2,1H3;1H. The van der Waals surface area contributed by atoms with E-state index in [-0.39, 0.29) is 12.4 Å². The van der Waals surface area contributed by atoms with Gasteiger partial charge in [0.15, 0.2) is 0 Å². The minimum atomic E-state index is 0. The summed E-state index contributed by atoms with van der Waals surface area (Å²) >= 11 is 0. The van der Waals surface area contributed by atoms with Crippen molar-refractivity contribution in [3.63, 3.8) is 0 Å². The zero-order valence-corrected chi connectivity index (χ0v) is 14.0. The van der Waals surface area contributed by atoms with Crippen LogP contribution in [0.1, 0.15) is 38.2 Å². The van der Waals surface area contributed by atoms with Gasteiger partial charge in [-0.2, -0.15) is 0 Å². The molecule has 1 aliphatic carbocycles. The molecule has 2 aliphatic rings. The Morgan fingerprint density at radius 1 is 1.32 bits per heavy atom. The average Bonchev–Trinajstić information content (AvgIpc) is 3.13. The van der Waals surface area contributed by atoms with E-state index in [0.29, 0.717) is 18.1 Å². The third kappa shape index (κ3) is 4.81. The van der Waals surface area contributed by atoms with Crippen LogP contribution in [0.25, 0.3) is 0 Å². The maximum absolute atomic E-state index is 5.88. The fourth-order valence-electron chi connectivity index (χ4n) is 3.06. The van der Waals surface area contributed by atoms with Crippen molar-refractivity contribution in [3.05, 3.63) is 23.9 Å². The van der Waals surface area contributed by atoms with Gasteiger partial charge in [-0.15, -0.1) is 12.4 Å². The number of ether oxygens (including phenoxy) is 1. The first-order valence-corrected chi connectivity index (χ1v) is 8.12. The molecule has 1 aromatic heterocycles. The summed E-state index contributed by atoms with van der Waals surface area (Å²) in [5, 5.41) is 3.51. The van der Waals surface area contributed by atoms with Crippen LogP contribution in [0.3, 0.4) is 0 Å². The van der Waals surface area contributed by atoms with E-state index >= 15 is 0 Å². The SMILES string of the molecule is CC1NNCC1CNCc1ccc(OC2CCCC2)nc1.Cl. The summed E-state index contributed by atoms with van der Waals surface area (Å²) in [7, 11) is 0. The van der Waals surface area contributed by atoms with Crippen LogP contribution in [-0.4, -0.2) is 30.2 Å². The number of aromatic nitrogens is 1. The van der Waals surface area contributed by atoms with Gasteiger partial charge in [0.1, 0.15) is 6.10 Å². The second kappa shape index (κ2) is 8.67. The highest BCUT2D eigenvalue weighted by atomic mass is 35.5. The van der Waals surface area contributed by atoms with Crippen molar-refractivity contribution in [3.8, 4) is 5.88 Å². The lowest BCUT2D eigenvalue weighted by Crippen LogP contribution is -2.32. The fraction of sp³-hybridized carbons (Fsp3) is 0.688. The van der Waals surface area contributed by atoms with E-state index in [4.69, 9.17) is 4.74 Å². The van der Waals surface area contributed by atoms with Gasteiger partial charge in [-0.1, -0.05) is 6.07 Å². The molecule has 1 aliphatic heterocycles. The van der Waals surface area contributed by atoms with E-state index < -0.39 is 0 Å². The highest BCUT2D eigenvalue weighted by molar-refractivity contribution is 5.85. The monoisotopic (exact) mass is 326 g/mol. The van der Waals surface area contributed by atoms with Gasteiger partial charge in [-0.05, 0) is 38.2 Å². The average molecular weight is 327 g/mol. The number of hydrogen-bond acceptors (Lipinski definition) is 5. The maximum Gasteiger partial charge on any atom is 0.213 e. The number of hydrazine groups is 1. The maximum atomic E-state index is 5.88. The van der Waals surface area contributed by atoms with E-state index in [9.17, 15) is 0 Å². The Bertz CT molecular complexity index is 436. The third-order valence-electron chi connectivity index (χ3n) is 4.52. The molecule has 3 rings (SSSR count). The molecule has 1 saturated heterocycles. The normalized spacial score (nSPS) is 25.1. The molecular formula is C16H27ClN4O. The van der Waals surface area contributed by atoms with Gasteiger partial charge < -0.3 is 10.1 Å². The Morgan fingerprint density at radius 3 is 2.77 bits per heavy atom. The fourth-order valence-corrected chi connectivity index (χ4v) is 3.06. The molecule has 0 spiro atoms. The molecule has 2 fully saturated rings. The molecule has 1 aromatic rings. The molecule has 6 heteroatoms. The Labute approximate surface area is 139 Å². The van der Waals surface area contributed by atoms with Gasteiger partial charge in [0.2, 0.25) is 5.88 Å². The lowest BCUT2D eigenvalue weighted by Gasteiger charge is -2.15. The lowest BCUT2D eigenvalue weighted by atomic mass is 10.0. The Balaban J connectivity index is 0.00000176. The first kappa shape index (κ1) is 17.5. The topological polar surface area (TPSA) is 58.2 Å². The Morgan fingerprint density at radius 2 is 2.14 bits per heavy atom. The number of rotatable bonds is 6. The molecule has 0 bridgehead atoms. The number of nitrogens with one attached hydrogen (secondary N) is 3.